The van der Waals surface area contributed by atoms with Crippen molar-refractivity contribution >= 4 is 8.80 Å². The Labute approximate surface area is 135 Å². The molecule has 117 valence electrons. The van der Waals surface area contributed by atoms with E-state index in [1.807, 2.05) is 42.5 Å². The fourth-order valence-corrected chi connectivity index (χ4v) is 2.16. The molecule has 0 heterocycles. The zero-order chi connectivity index (χ0) is 16.0. The highest BCUT2D eigenvalue weighted by atomic mass is 28.3. The van der Waals surface area contributed by atoms with E-state index < -0.39 is 8.80 Å². The second-order valence-electron chi connectivity index (χ2n) is 6.42. The lowest BCUT2D eigenvalue weighted by molar-refractivity contribution is 0.270. The van der Waals surface area contributed by atoms with E-state index in [2.05, 4.69) is 39.1 Å². The Bertz CT molecular complexity index is 579. The number of benzene rings is 2. The highest BCUT2D eigenvalue weighted by Gasteiger charge is 2.24. The lowest BCUT2D eigenvalue weighted by atomic mass is 10.2. The molecule has 0 bridgehead atoms. The van der Waals surface area contributed by atoms with Gasteiger partial charge in [0.05, 0.1) is 15.4 Å². The van der Waals surface area contributed by atoms with Gasteiger partial charge in [-0.2, -0.15) is 0 Å². The lowest BCUT2D eigenvalue weighted by Crippen LogP contribution is -2.27. The summed E-state index contributed by atoms with van der Waals surface area (Å²) in [6, 6.07) is 18.1. The van der Waals surface area contributed by atoms with E-state index in [4.69, 9.17) is 9.47 Å². The SMILES string of the molecule is C[Si](C)C(C)(C)COc1cccc(OCc2ccccc2)c1. The normalized spacial score (nSPS) is 11.5. The van der Waals surface area contributed by atoms with E-state index in [1.165, 1.54) is 5.56 Å². The summed E-state index contributed by atoms with van der Waals surface area (Å²) in [5.41, 5.74) is 1.17. The van der Waals surface area contributed by atoms with Crippen molar-refractivity contribution in [2.24, 2.45) is 0 Å². The average Bonchev–Trinajstić information content (AvgIpc) is 2.52. The van der Waals surface area contributed by atoms with Crippen LogP contribution >= 0.6 is 0 Å². The van der Waals surface area contributed by atoms with Crippen molar-refractivity contribution in [3.05, 3.63) is 60.2 Å². The predicted octanol–water partition coefficient (Wildman–Crippen LogP) is 5.18. The molecule has 0 aliphatic heterocycles. The Hall–Kier alpha value is -1.74. The second kappa shape index (κ2) is 7.50. The van der Waals surface area contributed by atoms with Gasteiger partial charge in [0.15, 0.2) is 0 Å². The standard InChI is InChI=1S/C19H25O2Si/c1-19(2,22(3)4)15-21-18-12-8-11-17(13-18)20-14-16-9-6-5-7-10-16/h5-13H,14-15H2,1-4H3. The predicted molar refractivity (Wildman–Crippen MR) is 94.2 cm³/mol. The number of hydrogen-bond donors (Lipinski definition) is 0. The molecular weight excluding hydrogens is 288 g/mol. The fourth-order valence-electron chi connectivity index (χ4n) is 1.80. The average molecular weight is 313 g/mol. The molecule has 0 unspecified atom stereocenters. The maximum atomic E-state index is 5.97. The number of ether oxygens (including phenoxy) is 2. The molecule has 0 aliphatic rings. The first-order chi connectivity index (χ1) is 10.5. The maximum Gasteiger partial charge on any atom is 0.123 e. The summed E-state index contributed by atoms with van der Waals surface area (Å²) in [4.78, 5) is 0. The van der Waals surface area contributed by atoms with Gasteiger partial charge in [0.2, 0.25) is 0 Å². The van der Waals surface area contributed by atoms with Crippen LogP contribution in [-0.2, 0) is 6.61 Å². The van der Waals surface area contributed by atoms with Crippen molar-refractivity contribution in [3.8, 4) is 11.5 Å². The van der Waals surface area contributed by atoms with Crippen molar-refractivity contribution < 1.29 is 9.47 Å². The quantitative estimate of drug-likeness (QED) is 0.656. The van der Waals surface area contributed by atoms with Crippen LogP contribution in [0.4, 0.5) is 0 Å². The van der Waals surface area contributed by atoms with Crippen LogP contribution in [0.25, 0.3) is 0 Å². The first-order valence-corrected chi connectivity index (χ1v) is 10.2. The van der Waals surface area contributed by atoms with E-state index in [9.17, 15) is 0 Å². The summed E-state index contributed by atoms with van der Waals surface area (Å²) in [6.45, 7) is 10.5. The van der Waals surface area contributed by atoms with E-state index in [0.29, 0.717) is 6.61 Å². The van der Waals surface area contributed by atoms with Gasteiger partial charge in [-0.3, -0.25) is 0 Å². The molecule has 0 aromatic heterocycles. The van der Waals surface area contributed by atoms with Gasteiger partial charge in [0.25, 0.3) is 0 Å². The number of rotatable bonds is 7. The van der Waals surface area contributed by atoms with Crippen LogP contribution in [0, 0.1) is 0 Å². The van der Waals surface area contributed by atoms with Crippen LogP contribution in [0.2, 0.25) is 18.1 Å². The summed E-state index contributed by atoms with van der Waals surface area (Å²) < 4.78 is 11.8. The van der Waals surface area contributed by atoms with Gasteiger partial charge >= 0.3 is 0 Å². The van der Waals surface area contributed by atoms with Gasteiger partial charge in [0, 0.05) is 6.07 Å². The Morgan fingerprint density at radius 2 is 1.50 bits per heavy atom. The fraction of sp³-hybridized carbons (Fsp3) is 0.368. The van der Waals surface area contributed by atoms with Crippen LogP contribution in [0.3, 0.4) is 0 Å². The molecule has 0 aliphatic carbocycles. The largest absolute Gasteiger partial charge is 0.493 e. The van der Waals surface area contributed by atoms with Crippen LogP contribution in [0.15, 0.2) is 54.6 Å². The smallest absolute Gasteiger partial charge is 0.123 e. The molecule has 0 spiro atoms. The number of hydrogen-bond acceptors (Lipinski definition) is 2. The van der Waals surface area contributed by atoms with E-state index >= 15 is 0 Å². The second-order valence-corrected chi connectivity index (χ2v) is 9.78. The minimum Gasteiger partial charge on any atom is -0.493 e. The third-order valence-electron chi connectivity index (χ3n) is 4.01. The maximum absolute atomic E-state index is 5.97. The van der Waals surface area contributed by atoms with Crippen molar-refractivity contribution in [3.63, 3.8) is 0 Å². The molecular formula is C19H25O2Si. The zero-order valence-corrected chi connectivity index (χ0v) is 14.9. The molecule has 0 atom stereocenters. The zero-order valence-electron chi connectivity index (χ0n) is 13.9. The van der Waals surface area contributed by atoms with Crippen LogP contribution in [-0.4, -0.2) is 15.4 Å². The summed E-state index contributed by atoms with van der Waals surface area (Å²) >= 11 is 0. The van der Waals surface area contributed by atoms with Gasteiger partial charge in [-0.25, -0.2) is 0 Å². The lowest BCUT2D eigenvalue weighted by Gasteiger charge is -2.27. The highest BCUT2D eigenvalue weighted by Crippen LogP contribution is 2.30. The van der Waals surface area contributed by atoms with Crippen molar-refractivity contribution in [1.29, 1.82) is 0 Å². The molecule has 0 saturated carbocycles. The molecule has 1 radical (unpaired) electrons. The molecule has 3 heteroatoms. The summed E-state index contributed by atoms with van der Waals surface area (Å²) in [5, 5.41) is 0.256. The third-order valence-corrected chi connectivity index (χ3v) is 6.86. The van der Waals surface area contributed by atoms with Gasteiger partial charge < -0.3 is 9.47 Å². The molecule has 0 fully saturated rings. The molecule has 2 aromatic rings. The topological polar surface area (TPSA) is 18.5 Å². The first-order valence-electron chi connectivity index (χ1n) is 7.67. The molecule has 2 aromatic carbocycles. The summed E-state index contributed by atoms with van der Waals surface area (Å²) in [6.07, 6.45) is 0. The molecule has 2 rings (SSSR count). The minimum absolute atomic E-state index is 0.256. The van der Waals surface area contributed by atoms with E-state index in [1.54, 1.807) is 0 Å². The molecule has 22 heavy (non-hydrogen) atoms. The van der Waals surface area contributed by atoms with Crippen molar-refractivity contribution in [2.45, 2.75) is 38.6 Å². The van der Waals surface area contributed by atoms with Gasteiger partial charge in [-0.15, -0.1) is 0 Å². The Kier molecular flexibility index (Phi) is 5.67. The summed E-state index contributed by atoms with van der Waals surface area (Å²) in [5.74, 6) is 1.72. The van der Waals surface area contributed by atoms with Crippen molar-refractivity contribution in [1.82, 2.24) is 0 Å². The van der Waals surface area contributed by atoms with E-state index in [-0.39, 0.29) is 5.04 Å². The monoisotopic (exact) mass is 313 g/mol. The Balaban J connectivity index is 1.92. The Morgan fingerprint density at radius 3 is 2.14 bits per heavy atom. The van der Waals surface area contributed by atoms with Crippen LogP contribution < -0.4 is 9.47 Å². The molecule has 0 amide bonds. The Morgan fingerprint density at radius 1 is 0.864 bits per heavy atom. The van der Waals surface area contributed by atoms with Crippen LogP contribution in [0.1, 0.15) is 19.4 Å². The van der Waals surface area contributed by atoms with E-state index in [0.717, 1.165) is 18.1 Å². The van der Waals surface area contributed by atoms with Gasteiger partial charge in [0.1, 0.15) is 18.1 Å². The molecule has 2 nitrogen and oxygen atoms in total. The minimum atomic E-state index is -0.392. The highest BCUT2D eigenvalue weighted by molar-refractivity contribution is 6.59. The first kappa shape index (κ1) is 16.6. The van der Waals surface area contributed by atoms with Crippen molar-refractivity contribution in [2.75, 3.05) is 6.61 Å². The molecule has 0 saturated heterocycles. The summed E-state index contributed by atoms with van der Waals surface area (Å²) in [7, 11) is -0.392. The molecule has 0 N–H and O–H groups in total. The van der Waals surface area contributed by atoms with Gasteiger partial charge in [-0.05, 0) is 22.7 Å². The third kappa shape index (κ3) is 4.92. The van der Waals surface area contributed by atoms with Crippen LogP contribution in [0.5, 0.6) is 11.5 Å². The van der Waals surface area contributed by atoms with Gasteiger partial charge in [-0.1, -0.05) is 63.3 Å².